The molecular weight excluding hydrogens is 587 g/mol. The van der Waals surface area contributed by atoms with Crippen LogP contribution in [0.5, 0.6) is 5.88 Å². The number of hydrogen-bond acceptors (Lipinski definition) is 4. The quantitative estimate of drug-likeness (QED) is 0.0976. The van der Waals surface area contributed by atoms with Crippen molar-refractivity contribution in [3.05, 3.63) is 191 Å². The number of carbonyl (C=O) groups excluding carboxylic acids is 1. The Kier molecular flexibility index (Phi) is 7.42. The highest BCUT2D eigenvalue weighted by Crippen LogP contribution is 2.43. The Balaban J connectivity index is 1.30. The van der Waals surface area contributed by atoms with Crippen molar-refractivity contribution >= 4 is 16.8 Å². The Morgan fingerprint density at radius 3 is 1.72 bits per heavy atom. The summed E-state index contributed by atoms with van der Waals surface area (Å²) in [5, 5.41) is 4.81. The SMILES string of the molecule is O=C(c1ccc(-c2cc(F)c(F)cc2F)cc1)c1cccc2c(OC(c3ccccc3)(c3ccccc3)c3ccccc3)noc12. The molecule has 0 radical (unpaired) electrons. The number of hydrogen-bond donors (Lipinski definition) is 0. The van der Waals surface area contributed by atoms with Crippen LogP contribution in [-0.2, 0) is 5.60 Å². The average Bonchev–Trinajstić information content (AvgIpc) is 3.52. The van der Waals surface area contributed by atoms with E-state index >= 15 is 0 Å². The van der Waals surface area contributed by atoms with Gasteiger partial charge in [-0.25, -0.2) is 13.2 Å². The molecule has 46 heavy (non-hydrogen) atoms. The molecule has 0 amide bonds. The molecule has 4 nitrogen and oxygen atoms in total. The fourth-order valence-electron chi connectivity index (χ4n) is 5.73. The lowest BCUT2D eigenvalue weighted by Crippen LogP contribution is -2.36. The maximum atomic E-state index is 14.4. The fourth-order valence-corrected chi connectivity index (χ4v) is 5.73. The summed E-state index contributed by atoms with van der Waals surface area (Å²) in [5.41, 5.74) is 2.44. The monoisotopic (exact) mass is 611 g/mol. The number of fused-ring (bicyclic) bond motifs is 1. The minimum atomic E-state index is -1.27. The van der Waals surface area contributed by atoms with E-state index in [0.29, 0.717) is 17.0 Å². The molecule has 0 aliphatic heterocycles. The van der Waals surface area contributed by atoms with Crippen molar-refractivity contribution in [2.24, 2.45) is 0 Å². The minimum absolute atomic E-state index is 0.115. The van der Waals surface area contributed by atoms with Crippen LogP contribution < -0.4 is 4.74 Å². The van der Waals surface area contributed by atoms with E-state index in [1.165, 1.54) is 24.3 Å². The molecule has 0 aliphatic carbocycles. The molecule has 0 aliphatic rings. The summed E-state index contributed by atoms with van der Waals surface area (Å²) in [5.74, 6) is -3.52. The van der Waals surface area contributed by atoms with Crippen molar-refractivity contribution in [3.63, 3.8) is 0 Å². The smallest absolute Gasteiger partial charge is 0.263 e. The fraction of sp³-hybridized carbons (Fsp3) is 0.0256. The van der Waals surface area contributed by atoms with Crippen molar-refractivity contribution in [3.8, 4) is 17.0 Å². The van der Waals surface area contributed by atoms with E-state index in [1.807, 2.05) is 91.0 Å². The lowest BCUT2D eigenvalue weighted by Gasteiger charge is -2.35. The predicted molar refractivity (Wildman–Crippen MR) is 169 cm³/mol. The summed E-state index contributed by atoms with van der Waals surface area (Å²) in [4.78, 5) is 13.7. The largest absolute Gasteiger partial charge is 0.454 e. The zero-order valence-corrected chi connectivity index (χ0v) is 24.2. The minimum Gasteiger partial charge on any atom is -0.454 e. The number of rotatable bonds is 8. The van der Waals surface area contributed by atoms with Gasteiger partial charge in [-0.1, -0.05) is 121 Å². The Labute approximate surface area is 262 Å². The van der Waals surface area contributed by atoms with Crippen molar-refractivity contribution in [1.29, 1.82) is 0 Å². The third-order valence-corrected chi connectivity index (χ3v) is 7.97. The number of nitrogens with zero attached hydrogens (tertiary/aromatic N) is 1. The van der Waals surface area contributed by atoms with Crippen LogP contribution >= 0.6 is 0 Å². The summed E-state index contributed by atoms with van der Waals surface area (Å²) < 4.78 is 54.3. The first kappa shape index (κ1) is 28.8. The van der Waals surface area contributed by atoms with Gasteiger partial charge in [-0.3, -0.25) is 4.79 Å². The molecule has 6 aromatic carbocycles. The van der Waals surface area contributed by atoms with Crippen LogP contribution in [0, 0.1) is 17.5 Å². The van der Waals surface area contributed by atoms with Crippen molar-refractivity contribution in [2.75, 3.05) is 0 Å². The Hall–Kier alpha value is -5.95. The van der Waals surface area contributed by atoms with Gasteiger partial charge >= 0.3 is 0 Å². The maximum Gasteiger partial charge on any atom is 0.263 e. The zero-order valence-electron chi connectivity index (χ0n) is 24.2. The number of benzene rings is 6. The second-order valence-corrected chi connectivity index (χ2v) is 10.7. The third-order valence-electron chi connectivity index (χ3n) is 7.97. The standard InChI is InChI=1S/C39H24F3NO3/c40-33-24-35(42)34(41)23-32(33)25-19-21-26(22-20-25)36(44)30-17-10-18-31-37(30)46-43-38(31)45-39(27-11-4-1-5-12-27,28-13-6-2-7-14-28)29-15-8-3-9-16-29/h1-24H. The lowest BCUT2D eigenvalue weighted by molar-refractivity contribution is 0.103. The van der Waals surface area contributed by atoms with E-state index in [4.69, 9.17) is 9.26 Å². The van der Waals surface area contributed by atoms with Gasteiger partial charge in [0.25, 0.3) is 5.88 Å². The van der Waals surface area contributed by atoms with Gasteiger partial charge in [0.15, 0.2) is 28.6 Å². The summed E-state index contributed by atoms with van der Waals surface area (Å²) in [7, 11) is 0. The first-order valence-electron chi connectivity index (χ1n) is 14.5. The van der Waals surface area contributed by atoms with E-state index in [0.717, 1.165) is 22.8 Å². The van der Waals surface area contributed by atoms with Crippen molar-refractivity contribution in [1.82, 2.24) is 5.16 Å². The second-order valence-electron chi connectivity index (χ2n) is 10.7. The van der Waals surface area contributed by atoms with Crippen LogP contribution in [-0.4, -0.2) is 10.9 Å². The van der Waals surface area contributed by atoms with Crippen LogP contribution in [0.15, 0.2) is 150 Å². The van der Waals surface area contributed by atoms with Gasteiger partial charge in [0.2, 0.25) is 0 Å². The van der Waals surface area contributed by atoms with Gasteiger partial charge in [0.1, 0.15) is 5.82 Å². The number of ketones is 1. The molecule has 0 spiro atoms. The molecule has 7 rings (SSSR count). The van der Waals surface area contributed by atoms with Gasteiger partial charge in [-0.2, -0.15) is 0 Å². The number of ether oxygens (including phenoxy) is 1. The van der Waals surface area contributed by atoms with Crippen LogP contribution in [0.3, 0.4) is 0 Å². The third kappa shape index (κ3) is 5.02. The van der Waals surface area contributed by atoms with Crippen LogP contribution in [0.2, 0.25) is 0 Å². The topological polar surface area (TPSA) is 52.3 Å². The summed E-state index contributed by atoms with van der Waals surface area (Å²) >= 11 is 0. The normalized spacial score (nSPS) is 11.5. The number of halogens is 3. The van der Waals surface area contributed by atoms with Crippen molar-refractivity contribution in [2.45, 2.75) is 5.60 Å². The number of aromatic nitrogens is 1. The van der Waals surface area contributed by atoms with E-state index in [9.17, 15) is 18.0 Å². The summed E-state index contributed by atoms with van der Waals surface area (Å²) in [6.45, 7) is 0. The van der Waals surface area contributed by atoms with Gasteiger partial charge in [0, 0.05) is 33.9 Å². The molecule has 0 saturated heterocycles. The van der Waals surface area contributed by atoms with E-state index in [1.54, 1.807) is 18.2 Å². The zero-order chi connectivity index (χ0) is 31.7. The molecule has 0 atom stereocenters. The number of carbonyl (C=O) groups is 1. The first-order chi connectivity index (χ1) is 22.5. The molecule has 7 heteroatoms. The molecule has 1 heterocycles. The highest BCUT2D eigenvalue weighted by molar-refractivity contribution is 6.15. The number of para-hydroxylation sites is 1. The van der Waals surface area contributed by atoms with Gasteiger partial charge in [0.05, 0.1) is 10.9 Å². The molecule has 1 aromatic heterocycles. The van der Waals surface area contributed by atoms with Crippen LogP contribution in [0.1, 0.15) is 32.6 Å². The second kappa shape index (κ2) is 11.9. The van der Waals surface area contributed by atoms with E-state index in [2.05, 4.69) is 5.16 Å². The summed E-state index contributed by atoms with van der Waals surface area (Å²) in [6, 6.07) is 41.8. The first-order valence-corrected chi connectivity index (χ1v) is 14.5. The van der Waals surface area contributed by atoms with E-state index < -0.39 is 23.1 Å². The van der Waals surface area contributed by atoms with Gasteiger partial charge in [-0.05, 0) is 28.9 Å². The molecule has 224 valence electrons. The molecule has 0 N–H and O–H groups in total. The van der Waals surface area contributed by atoms with Crippen LogP contribution in [0.4, 0.5) is 13.2 Å². The Morgan fingerprint density at radius 2 is 1.15 bits per heavy atom. The predicted octanol–water partition coefficient (Wildman–Crippen LogP) is 9.51. The summed E-state index contributed by atoms with van der Waals surface area (Å²) in [6.07, 6.45) is 0. The van der Waals surface area contributed by atoms with Gasteiger partial charge in [-0.15, -0.1) is 0 Å². The maximum absolute atomic E-state index is 14.4. The molecule has 0 unspecified atom stereocenters. The lowest BCUT2D eigenvalue weighted by atomic mass is 9.80. The molecule has 7 aromatic rings. The van der Waals surface area contributed by atoms with Gasteiger partial charge < -0.3 is 9.26 Å². The average molecular weight is 612 g/mol. The molecular formula is C39H24F3NO3. The molecule has 0 fully saturated rings. The highest BCUT2D eigenvalue weighted by atomic mass is 19.2. The molecule has 0 saturated carbocycles. The Bertz CT molecular complexity index is 2070. The van der Waals surface area contributed by atoms with Crippen LogP contribution in [0.25, 0.3) is 22.1 Å². The Morgan fingerprint density at radius 1 is 0.609 bits per heavy atom. The molecule has 0 bridgehead atoms. The van der Waals surface area contributed by atoms with E-state index in [-0.39, 0.29) is 33.9 Å². The van der Waals surface area contributed by atoms with Crippen molar-refractivity contribution < 1.29 is 27.2 Å². The highest BCUT2D eigenvalue weighted by Gasteiger charge is 2.40.